The Morgan fingerprint density at radius 1 is 1.15 bits per heavy atom. The average Bonchev–Trinajstić information content (AvgIpc) is 2.80. The minimum absolute atomic E-state index is 0.169. The van der Waals surface area contributed by atoms with Gasteiger partial charge in [0.25, 0.3) is 0 Å². The van der Waals surface area contributed by atoms with E-state index in [1.54, 1.807) is 10.5 Å². The number of pyridine rings is 1. The fourth-order valence-corrected chi connectivity index (χ4v) is 1.94. The van der Waals surface area contributed by atoms with Gasteiger partial charge in [-0.25, -0.2) is 8.78 Å². The summed E-state index contributed by atoms with van der Waals surface area (Å²) < 4.78 is 33.3. The van der Waals surface area contributed by atoms with E-state index >= 15 is 0 Å². The van der Waals surface area contributed by atoms with Gasteiger partial charge in [0, 0.05) is 18.8 Å². The second-order valence-corrected chi connectivity index (χ2v) is 4.17. The third-order valence-corrected chi connectivity index (χ3v) is 2.89. The topological polar surface area (TPSA) is 52.5 Å². The Morgan fingerprint density at radius 2 is 2.00 bits per heavy atom. The maximum absolute atomic E-state index is 13.2. The number of nitrogens with zero attached hydrogens (tertiary/aromatic N) is 2. The molecule has 0 saturated carbocycles. The van der Waals surface area contributed by atoms with E-state index in [1.807, 2.05) is 18.3 Å². The molecule has 102 valence electrons. The molecule has 0 aliphatic carbocycles. The van der Waals surface area contributed by atoms with Crippen molar-refractivity contribution in [3.05, 3.63) is 59.9 Å². The van der Waals surface area contributed by atoms with Gasteiger partial charge in [0.1, 0.15) is 17.1 Å². The van der Waals surface area contributed by atoms with Gasteiger partial charge in [-0.05, 0) is 24.3 Å². The van der Waals surface area contributed by atoms with Gasteiger partial charge < -0.3 is 10.5 Å². The Labute approximate surface area is 113 Å². The number of hydrogen-bond acceptors (Lipinski definition) is 3. The van der Waals surface area contributed by atoms with E-state index in [2.05, 4.69) is 4.98 Å². The molecule has 0 atom stereocenters. The Bertz CT molecular complexity index is 770. The molecule has 0 unspecified atom stereocenters. The maximum Gasteiger partial charge on any atom is 0.242 e. The van der Waals surface area contributed by atoms with Crippen LogP contribution in [0.2, 0.25) is 0 Å². The van der Waals surface area contributed by atoms with Crippen LogP contribution in [0.5, 0.6) is 11.6 Å². The molecule has 0 aliphatic heterocycles. The standard InChI is InChI=1S/C14H11F2N3O/c15-10-5-4-9(7-11(10)16)20-14-12(8-17)19-6-2-1-3-13(19)18-14/h1-7H,8,17H2. The molecular formula is C14H11F2N3O. The molecule has 3 rings (SSSR count). The molecule has 0 amide bonds. The van der Waals surface area contributed by atoms with Crippen molar-refractivity contribution in [1.29, 1.82) is 0 Å². The van der Waals surface area contributed by atoms with Crippen molar-refractivity contribution in [2.45, 2.75) is 6.54 Å². The van der Waals surface area contributed by atoms with Gasteiger partial charge in [-0.3, -0.25) is 4.40 Å². The Balaban J connectivity index is 2.03. The predicted molar refractivity (Wildman–Crippen MR) is 69.5 cm³/mol. The first-order chi connectivity index (χ1) is 9.69. The van der Waals surface area contributed by atoms with Gasteiger partial charge in [0.15, 0.2) is 11.6 Å². The van der Waals surface area contributed by atoms with E-state index in [1.165, 1.54) is 6.07 Å². The molecule has 0 fully saturated rings. The third-order valence-electron chi connectivity index (χ3n) is 2.89. The Hall–Kier alpha value is -2.47. The summed E-state index contributed by atoms with van der Waals surface area (Å²) in [4.78, 5) is 4.28. The highest BCUT2D eigenvalue weighted by molar-refractivity contribution is 5.46. The van der Waals surface area contributed by atoms with Crippen molar-refractivity contribution < 1.29 is 13.5 Å². The second-order valence-electron chi connectivity index (χ2n) is 4.17. The van der Waals surface area contributed by atoms with Crippen molar-refractivity contribution in [3.63, 3.8) is 0 Å². The summed E-state index contributed by atoms with van der Waals surface area (Å²) in [6.45, 7) is 0.212. The van der Waals surface area contributed by atoms with Gasteiger partial charge >= 0.3 is 0 Å². The molecule has 2 heterocycles. The van der Waals surface area contributed by atoms with E-state index in [9.17, 15) is 8.78 Å². The molecule has 0 bridgehead atoms. The summed E-state index contributed by atoms with van der Waals surface area (Å²) in [7, 11) is 0. The monoisotopic (exact) mass is 275 g/mol. The minimum Gasteiger partial charge on any atom is -0.437 e. The minimum atomic E-state index is -0.972. The molecule has 0 radical (unpaired) electrons. The number of benzene rings is 1. The second kappa shape index (κ2) is 4.90. The first kappa shape index (κ1) is 12.6. The zero-order valence-electron chi connectivity index (χ0n) is 10.4. The summed E-state index contributed by atoms with van der Waals surface area (Å²) in [6.07, 6.45) is 1.81. The van der Waals surface area contributed by atoms with Gasteiger partial charge in [-0.2, -0.15) is 4.98 Å². The molecule has 0 spiro atoms. The van der Waals surface area contributed by atoms with Crippen LogP contribution >= 0.6 is 0 Å². The first-order valence-corrected chi connectivity index (χ1v) is 5.98. The van der Waals surface area contributed by atoms with E-state index in [4.69, 9.17) is 10.5 Å². The number of rotatable bonds is 3. The van der Waals surface area contributed by atoms with Crippen LogP contribution in [-0.2, 0) is 6.54 Å². The number of aromatic nitrogens is 2. The molecule has 1 aromatic carbocycles. The number of imidazole rings is 1. The summed E-state index contributed by atoms with van der Waals surface area (Å²) in [5.74, 6) is -1.45. The number of ether oxygens (including phenoxy) is 1. The molecule has 4 nitrogen and oxygen atoms in total. The molecule has 3 aromatic rings. The molecular weight excluding hydrogens is 264 g/mol. The fraction of sp³-hybridized carbons (Fsp3) is 0.0714. The normalized spacial score (nSPS) is 10.9. The molecule has 20 heavy (non-hydrogen) atoms. The lowest BCUT2D eigenvalue weighted by Crippen LogP contribution is -2.02. The fourth-order valence-electron chi connectivity index (χ4n) is 1.94. The summed E-state index contributed by atoms with van der Waals surface area (Å²) in [5.41, 5.74) is 7.02. The first-order valence-electron chi connectivity index (χ1n) is 5.98. The lowest BCUT2D eigenvalue weighted by Gasteiger charge is -2.05. The highest BCUT2D eigenvalue weighted by Gasteiger charge is 2.13. The largest absolute Gasteiger partial charge is 0.437 e. The van der Waals surface area contributed by atoms with Crippen molar-refractivity contribution in [2.75, 3.05) is 0 Å². The van der Waals surface area contributed by atoms with Crippen LogP contribution in [-0.4, -0.2) is 9.38 Å². The number of halogens is 2. The van der Waals surface area contributed by atoms with Gasteiger partial charge in [0.05, 0.1) is 0 Å². The third kappa shape index (κ3) is 2.10. The number of nitrogens with two attached hydrogens (primary N) is 1. The smallest absolute Gasteiger partial charge is 0.242 e. The van der Waals surface area contributed by atoms with E-state index < -0.39 is 11.6 Å². The van der Waals surface area contributed by atoms with Crippen molar-refractivity contribution in [3.8, 4) is 11.6 Å². The van der Waals surface area contributed by atoms with E-state index in [-0.39, 0.29) is 18.2 Å². The van der Waals surface area contributed by atoms with Crippen LogP contribution in [0.25, 0.3) is 5.65 Å². The van der Waals surface area contributed by atoms with Gasteiger partial charge in [-0.1, -0.05) is 6.07 Å². The highest BCUT2D eigenvalue weighted by Crippen LogP contribution is 2.26. The molecule has 6 heteroatoms. The predicted octanol–water partition coefficient (Wildman–Crippen LogP) is 2.86. The summed E-state index contributed by atoms with van der Waals surface area (Å²) in [5, 5.41) is 0. The van der Waals surface area contributed by atoms with Crippen LogP contribution in [0.4, 0.5) is 8.78 Å². The van der Waals surface area contributed by atoms with Crippen LogP contribution in [0.15, 0.2) is 42.6 Å². The molecule has 0 aliphatic rings. The Kier molecular flexibility index (Phi) is 3.08. The van der Waals surface area contributed by atoms with Crippen LogP contribution in [0.1, 0.15) is 5.69 Å². The zero-order valence-corrected chi connectivity index (χ0v) is 10.4. The average molecular weight is 275 g/mol. The Morgan fingerprint density at radius 3 is 2.75 bits per heavy atom. The van der Waals surface area contributed by atoms with E-state index in [0.29, 0.717) is 11.3 Å². The van der Waals surface area contributed by atoms with Crippen molar-refractivity contribution in [1.82, 2.24) is 9.38 Å². The van der Waals surface area contributed by atoms with Crippen LogP contribution in [0.3, 0.4) is 0 Å². The number of hydrogen-bond donors (Lipinski definition) is 1. The molecule has 0 saturated heterocycles. The summed E-state index contributed by atoms with van der Waals surface area (Å²) >= 11 is 0. The maximum atomic E-state index is 13.2. The SMILES string of the molecule is NCc1c(Oc2ccc(F)c(F)c2)nc2ccccn12. The lowest BCUT2D eigenvalue weighted by atomic mass is 10.3. The molecule has 2 aromatic heterocycles. The quantitative estimate of drug-likeness (QED) is 0.799. The van der Waals surface area contributed by atoms with Crippen molar-refractivity contribution >= 4 is 5.65 Å². The lowest BCUT2D eigenvalue weighted by molar-refractivity contribution is 0.445. The zero-order chi connectivity index (χ0) is 14.1. The highest BCUT2D eigenvalue weighted by atomic mass is 19.2. The van der Waals surface area contributed by atoms with E-state index in [0.717, 1.165) is 12.1 Å². The van der Waals surface area contributed by atoms with Gasteiger partial charge in [-0.15, -0.1) is 0 Å². The number of fused-ring (bicyclic) bond motifs is 1. The molecule has 2 N–H and O–H groups in total. The van der Waals surface area contributed by atoms with Crippen LogP contribution in [0, 0.1) is 11.6 Å². The van der Waals surface area contributed by atoms with Crippen molar-refractivity contribution in [2.24, 2.45) is 5.73 Å². The van der Waals surface area contributed by atoms with Crippen LogP contribution < -0.4 is 10.5 Å². The summed E-state index contributed by atoms with van der Waals surface area (Å²) in [6, 6.07) is 8.79. The van der Waals surface area contributed by atoms with Gasteiger partial charge in [0.2, 0.25) is 5.88 Å².